The fraction of sp³-hybridized carbons (Fsp3) is 0.0943. The zero-order valence-corrected chi connectivity index (χ0v) is 31.4. The van der Waals surface area contributed by atoms with Crippen molar-refractivity contribution in [2.75, 3.05) is 0 Å². The third kappa shape index (κ3) is 4.53. The van der Waals surface area contributed by atoms with Gasteiger partial charge in [-0.15, -0.1) is 0 Å². The molecular weight excluding hydrogens is 693 g/mol. The largest absolute Gasteiger partial charge is 0.352 e. The molecule has 0 saturated heterocycles. The summed E-state index contributed by atoms with van der Waals surface area (Å²) in [6.07, 6.45) is 17.8. The van der Waals surface area contributed by atoms with E-state index in [-0.39, 0.29) is 12.3 Å². The van der Waals surface area contributed by atoms with E-state index in [0.717, 1.165) is 18.5 Å². The first-order valence-corrected chi connectivity index (χ1v) is 20.2. The van der Waals surface area contributed by atoms with Gasteiger partial charge in [-0.1, -0.05) is 170 Å². The predicted octanol–water partition coefficient (Wildman–Crippen LogP) is 11.8. The monoisotopic (exact) mass is 732 g/mol. The first-order valence-electron chi connectivity index (χ1n) is 20.2. The molecule has 0 radical (unpaired) electrons. The Balaban J connectivity index is 1.27. The maximum atomic E-state index is 4.16. The molecule has 8 aromatic rings. The molecule has 2 N–H and O–H groups in total. The Hall–Kier alpha value is -6.88. The molecule has 6 aromatic carbocycles. The van der Waals surface area contributed by atoms with Crippen LogP contribution in [-0.4, -0.2) is 15.2 Å². The zero-order chi connectivity index (χ0) is 37.5. The summed E-state index contributed by atoms with van der Waals surface area (Å²) >= 11 is 0. The lowest BCUT2D eigenvalue weighted by atomic mass is 9.67. The molecular formula is C53H40N4. The van der Waals surface area contributed by atoms with Gasteiger partial charge in [0.05, 0.1) is 33.7 Å². The molecule has 2 unspecified atom stereocenters. The Morgan fingerprint density at radius 3 is 2.11 bits per heavy atom. The fourth-order valence-corrected chi connectivity index (χ4v) is 10.5. The molecule has 272 valence electrons. The molecule has 0 saturated carbocycles. The average Bonchev–Trinajstić information content (AvgIpc) is 3.92. The van der Waals surface area contributed by atoms with Crippen molar-refractivity contribution in [3.8, 4) is 16.9 Å². The van der Waals surface area contributed by atoms with Crippen LogP contribution in [0.4, 0.5) is 0 Å². The number of para-hydroxylation sites is 2. The molecule has 1 aliphatic heterocycles. The van der Waals surface area contributed by atoms with Crippen LogP contribution in [0.3, 0.4) is 0 Å². The predicted molar refractivity (Wildman–Crippen MR) is 234 cm³/mol. The van der Waals surface area contributed by atoms with E-state index < -0.39 is 5.41 Å². The second-order valence-electron chi connectivity index (χ2n) is 15.6. The van der Waals surface area contributed by atoms with E-state index in [1.165, 1.54) is 83.1 Å². The molecule has 12 rings (SSSR count). The van der Waals surface area contributed by atoms with Crippen LogP contribution in [0.1, 0.15) is 41.4 Å². The van der Waals surface area contributed by atoms with E-state index in [0.29, 0.717) is 0 Å². The molecule has 4 nitrogen and oxygen atoms in total. The van der Waals surface area contributed by atoms with Crippen LogP contribution >= 0.6 is 0 Å². The van der Waals surface area contributed by atoms with Crippen LogP contribution in [0.25, 0.3) is 49.7 Å². The highest BCUT2D eigenvalue weighted by atomic mass is 15.3. The molecule has 0 spiro atoms. The van der Waals surface area contributed by atoms with Gasteiger partial charge >= 0.3 is 0 Å². The Labute approximate surface area is 332 Å². The second-order valence-corrected chi connectivity index (χ2v) is 15.6. The Morgan fingerprint density at radius 1 is 0.614 bits per heavy atom. The maximum absolute atomic E-state index is 4.16. The van der Waals surface area contributed by atoms with E-state index in [9.17, 15) is 0 Å². The standard InChI is InChI=1S/C53H40N4/c1-5-19-35(20-6-1)49-40-28-14-17-31-44(40)54-52(55-49)57-50-42(33-34-46-47(50)41-29-15-18-32-45(41)56(46)38-25-11-4-12-26-38)48-51(57)39-27-13-16-30-43(39)53(48,36-21-7-2-8-22-36)37-23-9-3-10-24-37/h2-5,7-34,44,52,54-55H,1,6H2. The minimum atomic E-state index is -0.565. The van der Waals surface area contributed by atoms with E-state index >= 15 is 0 Å². The first-order chi connectivity index (χ1) is 28.3. The number of hydrogen-bond acceptors (Lipinski definition) is 2. The maximum Gasteiger partial charge on any atom is 0.160 e. The van der Waals surface area contributed by atoms with E-state index in [2.05, 4.69) is 214 Å². The van der Waals surface area contributed by atoms with Crippen LogP contribution in [0.5, 0.6) is 0 Å². The first kappa shape index (κ1) is 32.4. The van der Waals surface area contributed by atoms with Crippen LogP contribution in [0, 0.1) is 0 Å². The molecule has 3 aliphatic carbocycles. The lowest BCUT2D eigenvalue weighted by Gasteiger charge is -2.38. The molecule has 2 aromatic heterocycles. The smallest absolute Gasteiger partial charge is 0.160 e. The Kier molecular flexibility index (Phi) is 7.14. The summed E-state index contributed by atoms with van der Waals surface area (Å²) in [5.74, 6) is 0. The van der Waals surface area contributed by atoms with Gasteiger partial charge in [0.15, 0.2) is 6.29 Å². The van der Waals surface area contributed by atoms with Gasteiger partial charge in [0.2, 0.25) is 0 Å². The number of fused-ring (bicyclic) bond motifs is 10. The highest BCUT2D eigenvalue weighted by Crippen LogP contribution is 2.60. The number of nitrogens with one attached hydrogen (secondary N) is 2. The SMILES string of the molecule is C1=CC2=C(C3=CCCC=C3)NC(n3c4c(c5ccc6c(c7ccccc7n6-c6ccccc6)c53)C(c3ccccc3)(c3ccccc3)c3ccccc3-4)NC2C=C1. The third-order valence-electron chi connectivity index (χ3n) is 12.7. The van der Waals surface area contributed by atoms with E-state index in [1.807, 2.05) is 0 Å². The fourth-order valence-electron chi connectivity index (χ4n) is 10.5. The number of benzene rings is 6. The minimum absolute atomic E-state index is 0.0371. The minimum Gasteiger partial charge on any atom is -0.352 e. The van der Waals surface area contributed by atoms with Crippen molar-refractivity contribution in [1.82, 2.24) is 19.8 Å². The van der Waals surface area contributed by atoms with Crippen LogP contribution < -0.4 is 10.6 Å². The zero-order valence-electron chi connectivity index (χ0n) is 31.4. The summed E-state index contributed by atoms with van der Waals surface area (Å²) in [5, 5.41) is 12.0. The van der Waals surface area contributed by atoms with Crippen molar-refractivity contribution in [3.05, 3.63) is 233 Å². The van der Waals surface area contributed by atoms with E-state index in [4.69, 9.17) is 0 Å². The Bertz CT molecular complexity index is 3020. The number of nitrogens with zero attached hydrogens (tertiary/aromatic N) is 2. The number of aromatic nitrogens is 2. The van der Waals surface area contributed by atoms with Gasteiger partial charge in [-0.2, -0.15) is 0 Å². The van der Waals surface area contributed by atoms with Crippen molar-refractivity contribution in [2.24, 2.45) is 0 Å². The van der Waals surface area contributed by atoms with Crippen LogP contribution in [0.2, 0.25) is 0 Å². The summed E-state index contributed by atoms with van der Waals surface area (Å²) in [6.45, 7) is 0. The molecule has 0 amide bonds. The summed E-state index contributed by atoms with van der Waals surface area (Å²) in [7, 11) is 0. The molecule has 4 aliphatic rings. The van der Waals surface area contributed by atoms with Gasteiger partial charge in [0.25, 0.3) is 0 Å². The van der Waals surface area contributed by atoms with Crippen LogP contribution in [0.15, 0.2) is 211 Å². The average molecular weight is 733 g/mol. The van der Waals surface area contributed by atoms with E-state index in [1.54, 1.807) is 0 Å². The topological polar surface area (TPSA) is 33.9 Å². The molecule has 0 fully saturated rings. The summed E-state index contributed by atoms with van der Waals surface area (Å²) in [5.41, 5.74) is 15.6. The van der Waals surface area contributed by atoms with Crippen LogP contribution in [-0.2, 0) is 5.41 Å². The van der Waals surface area contributed by atoms with Gasteiger partial charge in [0, 0.05) is 38.7 Å². The molecule has 57 heavy (non-hydrogen) atoms. The summed E-state index contributed by atoms with van der Waals surface area (Å²) < 4.78 is 5.08. The molecule has 3 heterocycles. The van der Waals surface area contributed by atoms with Gasteiger partial charge in [-0.25, -0.2) is 0 Å². The molecule has 0 bridgehead atoms. The molecule has 4 heteroatoms. The summed E-state index contributed by atoms with van der Waals surface area (Å²) in [4.78, 5) is 0. The van der Waals surface area contributed by atoms with Crippen molar-refractivity contribution in [2.45, 2.75) is 30.6 Å². The van der Waals surface area contributed by atoms with Crippen molar-refractivity contribution in [3.63, 3.8) is 0 Å². The van der Waals surface area contributed by atoms with Crippen molar-refractivity contribution < 1.29 is 0 Å². The Morgan fingerprint density at radius 2 is 1.33 bits per heavy atom. The lowest BCUT2D eigenvalue weighted by Crippen LogP contribution is -2.49. The van der Waals surface area contributed by atoms with Gasteiger partial charge in [-0.05, 0) is 64.9 Å². The second kappa shape index (κ2) is 12.6. The number of allylic oxidation sites excluding steroid dienone is 5. The number of rotatable bonds is 5. The molecule has 2 atom stereocenters. The quantitative estimate of drug-likeness (QED) is 0.185. The normalized spacial score (nSPS) is 19.1. The van der Waals surface area contributed by atoms with Crippen molar-refractivity contribution >= 4 is 32.7 Å². The summed E-state index contributed by atoms with van der Waals surface area (Å²) in [6, 6.07) is 56.1. The van der Waals surface area contributed by atoms with Gasteiger partial charge in [0.1, 0.15) is 0 Å². The van der Waals surface area contributed by atoms with Crippen molar-refractivity contribution in [1.29, 1.82) is 0 Å². The van der Waals surface area contributed by atoms with Gasteiger partial charge in [-0.3, -0.25) is 5.32 Å². The van der Waals surface area contributed by atoms with Gasteiger partial charge < -0.3 is 14.5 Å². The third-order valence-corrected chi connectivity index (χ3v) is 12.7. The highest BCUT2D eigenvalue weighted by Gasteiger charge is 2.50. The highest BCUT2D eigenvalue weighted by molar-refractivity contribution is 6.23. The lowest BCUT2D eigenvalue weighted by molar-refractivity contribution is 0.338. The number of hydrogen-bond donors (Lipinski definition) is 2.